The Bertz CT molecular complexity index is 1610. The van der Waals surface area contributed by atoms with Gasteiger partial charge in [-0.3, -0.25) is 9.59 Å². The number of carbonyl (C=O) groups excluding carboxylic acids is 3. The Balaban J connectivity index is 1.36. The Morgan fingerprint density at radius 1 is 0.780 bits per heavy atom. The molecule has 0 aromatic heterocycles. The Labute approximate surface area is 250 Å². The molecular formula is C30H22Cl3N3O5. The lowest BCUT2D eigenvalue weighted by Crippen LogP contribution is -2.18. The predicted octanol–water partition coefficient (Wildman–Crippen LogP) is 7.28. The molecule has 2 amide bonds. The molecule has 4 aromatic rings. The maximum atomic E-state index is 12.5. The summed E-state index contributed by atoms with van der Waals surface area (Å²) < 4.78 is 11.1. The molecule has 0 aliphatic rings. The Morgan fingerprint density at radius 2 is 1.46 bits per heavy atom. The quantitative estimate of drug-likeness (QED) is 0.0897. The summed E-state index contributed by atoms with van der Waals surface area (Å²) >= 11 is 17.8. The van der Waals surface area contributed by atoms with Gasteiger partial charge in [0, 0.05) is 21.3 Å². The molecule has 0 unspecified atom stereocenters. The second kappa shape index (κ2) is 13.8. The number of anilines is 1. The molecule has 0 heterocycles. The minimum absolute atomic E-state index is 0.228. The second-order valence-electron chi connectivity index (χ2n) is 8.39. The van der Waals surface area contributed by atoms with Crippen LogP contribution in [-0.2, 0) is 0 Å². The lowest BCUT2D eigenvalue weighted by atomic mass is 10.1. The molecule has 0 atom stereocenters. The van der Waals surface area contributed by atoms with Crippen molar-refractivity contribution in [3.63, 3.8) is 0 Å². The highest BCUT2D eigenvalue weighted by Gasteiger charge is 2.14. The molecule has 2 N–H and O–H groups in total. The highest BCUT2D eigenvalue weighted by Crippen LogP contribution is 2.29. The molecule has 4 rings (SSSR count). The van der Waals surface area contributed by atoms with Gasteiger partial charge in [0.15, 0.2) is 11.5 Å². The van der Waals surface area contributed by atoms with Gasteiger partial charge >= 0.3 is 5.97 Å². The van der Waals surface area contributed by atoms with E-state index >= 15 is 0 Å². The lowest BCUT2D eigenvalue weighted by Gasteiger charge is -2.11. The van der Waals surface area contributed by atoms with Crippen LogP contribution in [0.2, 0.25) is 15.1 Å². The van der Waals surface area contributed by atoms with Crippen molar-refractivity contribution in [2.24, 2.45) is 5.10 Å². The van der Waals surface area contributed by atoms with Crippen LogP contribution in [0.3, 0.4) is 0 Å². The third kappa shape index (κ3) is 8.08. The van der Waals surface area contributed by atoms with Crippen LogP contribution in [0.15, 0.2) is 90.0 Å². The van der Waals surface area contributed by atoms with Crippen molar-refractivity contribution in [2.45, 2.75) is 6.92 Å². The number of nitrogens with zero attached hydrogens (tertiary/aromatic N) is 1. The number of hydrazone groups is 1. The first-order valence-corrected chi connectivity index (χ1v) is 13.3. The third-order valence-electron chi connectivity index (χ3n) is 5.51. The van der Waals surface area contributed by atoms with Crippen LogP contribution in [0.4, 0.5) is 5.69 Å². The Kier molecular flexibility index (Phi) is 9.97. The molecular weight excluding hydrogens is 589 g/mol. The van der Waals surface area contributed by atoms with Crippen LogP contribution in [0.25, 0.3) is 0 Å². The normalized spacial score (nSPS) is 10.7. The van der Waals surface area contributed by atoms with Crippen molar-refractivity contribution in [1.82, 2.24) is 5.43 Å². The van der Waals surface area contributed by atoms with Crippen LogP contribution in [0, 0.1) is 0 Å². The molecule has 0 spiro atoms. The van der Waals surface area contributed by atoms with E-state index < -0.39 is 17.8 Å². The average Bonchev–Trinajstić information content (AvgIpc) is 2.95. The van der Waals surface area contributed by atoms with Gasteiger partial charge in [0.2, 0.25) is 0 Å². The SMILES string of the molecule is CCOc1cc(/C=N\NC(=O)c2ccc(NC(=O)c3ccc(Cl)cc3Cl)cc2)ccc1OC(=O)c1ccc(Cl)cc1. The predicted molar refractivity (Wildman–Crippen MR) is 160 cm³/mol. The number of carbonyl (C=O) groups is 3. The molecule has 11 heteroatoms. The molecule has 0 aliphatic heterocycles. The summed E-state index contributed by atoms with van der Waals surface area (Å²) in [6.45, 7) is 2.14. The van der Waals surface area contributed by atoms with Crippen molar-refractivity contribution in [3.8, 4) is 11.5 Å². The summed E-state index contributed by atoms with van der Waals surface area (Å²) in [6, 6.07) is 22.0. The second-order valence-corrected chi connectivity index (χ2v) is 9.67. The van der Waals surface area contributed by atoms with Gasteiger partial charge in [-0.05, 0) is 97.4 Å². The molecule has 208 valence electrons. The van der Waals surface area contributed by atoms with Crippen molar-refractivity contribution in [2.75, 3.05) is 11.9 Å². The van der Waals surface area contributed by atoms with E-state index in [2.05, 4.69) is 15.8 Å². The Hall–Kier alpha value is -4.37. The van der Waals surface area contributed by atoms with E-state index in [1.807, 2.05) is 0 Å². The first kappa shape index (κ1) is 29.6. The molecule has 0 fully saturated rings. The van der Waals surface area contributed by atoms with E-state index in [0.29, 0.717) is 44.8 Å². The molecule has 41 heavy (non-hydrogen) atoms. The summed E-state index contributed by atoms with van der Waals surface area (Å²) in [4.78, 5) is 37.5. The van der Waals surface area contributed by atoms with Gasteiger partial charge in [-0.1, -0.05) is 34.8 Å². The van der Waals surface area contributed by atoms with E-state index in [4.69, 9.17) is 44.3 Å². The number of amides is 2. The number of esters is 1. The number of rotatable bonds is 9. The van der Waals surface area contributed by atoms with E-state index in [0.717, 1.165) is 0 Å². The summed E-state index contributed by atoms with van der Waals surface area (Å²) in [5.41, 5.74) is 4.45. The monoisotopic (exact) mass is 609 g/mol. The number of halogens is 3. The zero-order valence-electron chi connectivity index (χ0n) is 21.5. The minimum Gasteiger partial charge on any atom is -0.490 e. The summed E-state index contributed by atoms with van der Waals surface area (Å²) in [5.74, 6) is -0.860. The van der Waals surface area contributed by atoms with Crippen molar-refractivity contribution >= 4 is 64.5 Å². The van der Waals surface area contributed by atoms with Crippen LogP contribution in [-0.4, -0.2) is 30.6 Å². The number of hydrogen-bond donors (Lipinski definition) is 2. The molecule has 0 saturated heterocycles. The van der Waals surface area contributed by atoms with Gasteiger partial charge in [0.25, 0.3) is 11.8 Å². The van der Waals surface area contributed by atoms with E-state index in [9.17, 15) is 14.4 Å². The number of hydrogen-bond acceptors (Lipinski definition) is 6. The molecule has 4 aromatic carbocycles. The van der Waals surface area contributed by atoms with E-state index in [1.54, 1.807) is 79.7 Å². The fourth-order valence-electron chi connectivity index (χ4n) is 3.51. The molecule has 0 radical (unpaired) electrons. The fourth-order valence-corrected chi connectivity index (χ4v) is 4.13. The third-order valence-corrected chi connectivity index (χ3v) is 6.31. The van der Waals surface area contributed by atoms with Crippen molar-refractivity contribution < 1.29 is 23.9 Å². The van der Waals surface area contributed by atoms with E-state index in [-0.39, 0.29) is 16.3 Å². The molecule has 8 nitrogen and oxygen atoms in total. The highest BCUT2D eigenvalue weighted by molar-refractivity contribution is 6.37. The van der Waals surface area contributed by atoms with Gasteiger partial charge in [-0.15, -0.1) is 0 Å². The van der Waals surface area contributed by atoms with Crippen LogP contribution in [0.1, 0.15) is 43.6 Å². The Morgan fingerprint density at radius 3 is 2.15 bits per heavy atom. The number of benzene rings is 4. The van der Waals surface area contributed by atoms with Crippen LogP contribution in [0.5, 0.6) is 11.5 Å². The maximum Gasteiger partial charge on any atom is 0.343 e. The topological polar surface area (TPSA) is 106 Å². The first-order valence-electron chi connectivity index (χ1n) is 12.2. The molecule has 0 saturated carbocycles. The largest absolute Gasteiger partial charge is 0.490 e. The van der Waals surface area contributed by atoms with Crippen LogP contribution >= 0.6 is 34.8 Å². The lowest BCUT2D eigenvalue weighted by molar-refractivity contribution is 0.0728. The summed E-state index contributed by atoms with van der Waals surface area (Å²) in [6.07, 6.45) is 1.43. The van der Waals surface area contributed by atoms with Gasteiger partial charge < -0.3 is 14.8 Å². The van der Waals surface area contributed by atoms with Gasteiger partial charge in [0.05, 0.1) is 29.0 Å². The smallest absolute Gasteiger partial charge is 0.343 e. The van der Waals surface area contributed by atoms with Crippen molar-refractivity contribution in [1.29, 1.82) is 0 Å². The standard InChI is InChI=1S/C30H22Cl3N3O5/c1-2-40-27-15-18(3-14-26(27)41-30(39)20-4-8-21(31)9-5-20)17-34-36-28(37)19-6-11-23(12-7-19)35-29(38)24-13-10-22(32)16-25(24)33/h3-17H,2H2,1H3,(H,35,38)(H,36,37)/b34-17-. The maximum absolute atomic E-state index is 12.5. The zero-order chi connectivity index (χ0) is 29.4. The summed E-state index contributed by atoms with van der Waals surface area (Å²) in [7, 11) is 0. The van der Waals surface area contributed by atoms with Crippen LogP contribution < -0.4 is 20.2 Å². The number of ether oxygens (including phenoxy) is 2. The summed E-state index contributed by atoms with van der Waals surface area (Å²) in [5, 5.41) is 7.87. The van der Waals surface area contributed by atoms with Gasteiger partial charge in [-0.2, -0.15) is 5.10 Å². The van der Waals surface area contributed by atoms with E-state index in [1.165, 1.54) is 18.3 Å². The minimum atomic E-state index is -0.560. The molecule has 0 aliphatic carbocycles. The molecule has 0 bridgehead atoms. The zero-order valence-corrected chi connectivity index (χ0v) is 23.8. The fraction of sp³-hybridized carbons (Fsp3) is 0.0667. The highest BCUT2D eigenvalue weighted by atomic mass is 35.5. The van der Waals surface area contributed by atoms with Gasteiger partial charge in [0.1, 0.15) is 0 Å². The van der Waals surface area contributed by atoms with Gasteiger partial charge in [-0.25, -0.2) is 10.2 Å². The first-order chi connectivity index (χ1) is 19.7. The van der Waals surface area contributed by atoms with Crippen molar-refractivity contribution in [3.05, 3.63) is 122 Å². The number of nitrogens with one attached hydrogen (secondary N) is 2. The average molecular weight is 611 g/mol.